The van der Waals surface area contributed by atoms with Crippen LogP contribution in [0.5, 0.6) is 0 Å². The van der Waals surface area contributed by atoms with E-state index in [2.05, 4.69) is 21.1 Å². The fourth-order valence-electron chi connectivity index (χ4n) is 1.92. The molecule has 0 fully saturated rings. The van der Waals surface area contributed by atoms with E-state index < -0.39 is 0 Å². The highest BCUT2D eigenvalue weighted by Crippen LogP contribution is 2.11. The maximum atomic E-state index is 11.8. The van der Waals surface area contributed by atoms with E-state index in [1.807, 2.05) is 17.5 Å². The quantitative estimate of drug-likeness (QED) is 0.755. The molecule has 0 radical (unpaired) electrons. The van der Waals surface area contributed by atoms with Gasteiger partial charge in [0.1, 0.15) is 0 Å². The Hall–Kier alpha value is -2.94. The molecule has 8 nitrogen and oxygen atoms in total. The van der Waals surface area contributed by atoms with Gasteiger partial charge in [0.2, 0.25) is 0 Å². The number of benzene rings is 1. The lowest BCUT2D eigenvalue weighted by molar-refractivity contribution is 0.252. The molecule has 0 unspecified atom stereocenters. The summed E-state index contributed by atoms with van der Waals surface area (Å²) in [7, 11) is 1.53. The molecule has 118 valence electrons. The highest BCUT2D eigenvalue weighted by molar-refractivity contribution is 7.09. The molecule has 0 aliphatic carbocycles. The maximum Gasteiger partial charge on any atom is 0.368 e. The molecular formula is C14H14N6O2S. The number of anilines is 1. The van der Waals surface area contributed by atoms with Gasteiger partial charge in [0, 0.05) is 17.6 Å². The summed E-state index contributed by atoms with van der Waals surface area (Å²) < 4.78 is 2.32. The standard InChI is InChI=1S/C14H14N6O2S/c1-19-14(22)20(18-17-19)11-6-4-10(5-7-11)16-13(21)15-9-12-3-2-8-23-12/h2-8H,9H2,1H3,(H2,15,16,21). The summed E-state index contributed by atoms with van der Waals surface area (Å²) in [4.78, 5) is 24.7. The molecule has 0 aliphatic heterocycles. The number of tetrazole rings is 1. The van der Waals surface area contributed by atoms with Crippen molar-refractivity contribution in [2.45, 2.75) is 6.54 Å². The number of nitrogens with one attached hydrogen (secondary N) is 2. The average Bonchev–Trinajstić information content (AvgIpc) is 3.18. The monoisotopic (exact) mass is 330 g/mol. The van der Waals surface area contributed by atoms with Crippen molar-refractivity contribution in [3.8, 4) is 5.69 Å². The summed E-state index contributed by atoms with van der Waals surface area (Å²) in [6.07, 6.45) is 0. The highest BCUT2D eigenvalue weighted by atomic mass is 32.1. The molecule has 0 spiro atoms. The Balaban J connectivity index is 1.62. The van der Waals surface area contributed by atoms with Crippen LogP contribution >= 0.6 is 11.3 Å². The predicted molar refractivity (Wildman–Crippen MR) is 86.8 cm³/mol. The molecule has 23 heavy (non-hydrogen) atoms. The molecule has 1 aromatic carbocycles. The second kappa shape index (κ2) is 6.44. The predicted octanol–water partition coefficient (Wildman–Crippen LogP) is 1.35. The first kappa shape index (κ1) is 15.0. The summed E-state index contributed by atoms with van der Waals surface area (Å²) in [6.45, 7) is 0.483. The largest absolute Gasteiger partial charge is 0.368 e. The second-order valence-corrected chi connectivity index (χ2v) is 5.76. The third-order valence-electron chi connectivity index (χ3n) is 3.09. The first-order valence-corrected chi connectivity index (χ1v) is 7.68. The number of aromatic nitrogens is 4. The van der Waals surface area contributed by atoms with Gasteiger partial charge >= 0.3 is 11.7 Å². The van der Waals surface area contributed by atoms with E-state index in [1.54, 1.807) is 35.6 Å². The van der Waals surface area contributed by atoms with Gasteiger partial charge in [-0.15, -0.1) is 11.3 Å². The van der Waals surface area contributed by atoms with Gasteiger partial charge in [-0.05, 0) is 46.1 Å². The lowest BCUT2D eigenvalue weighted by Gasteiger charge is -2.07. The van der Waals surface area contributed by atoms with Crippen molar-refractivity contribution in [3.05, 3.63) is 57.1 Å². The number of hydrogen-bond donors (Lipinski definition) is 2. The number of rotatable bonds is 4. The van der Waals surface area contributed by atoms with Crippen LogP contribution in [-0.2, 0) is 13.6 Å². The van der Waals surface area contributed by atoms with Crippen molar-refractivity contribution in [3.63, 3.8) is 0 Å². The number of nitrogens with zero attached hydrogens (tertiary/aromatic N) is 4. The van der Waals surface area contributed by atoms with Crippen molar-refractivity contribution in [1.82, 2.24) is 25.1 Å². The van der Waals surface area contributed by atoms with Gasteiger partial charge in [0.05, 0.1) is 12.2 Å². The van der Waals surface area contributed by atoms with E-state index in [0.717, 1.165) is 9.56 Å². The first-order valence-electron chi connectivity index (χ1n) is 6.80. The number of hydrogen-bond acceptors (Lipinski definition) is 5. The zero-order valence-electron chi connectivity index (χ0n) is 12.3. The first-order chi connectivity index (χ1) is 11.1. The summed E-state index contributed by atoms with van der Waals surface area (Å²) in [5, 5.41) is 14.9. The van der Waals surface area contributed by atoms with Crippen molar-refractivity contribution >= 4 is 23.1 Å². The third-order valence-corrected chi connectivity index (χ3v) is 3.97. The lowest BCUT2D eigenvalue weighted by Crippen LogP contribution is -2.27. The van der Waals surface area contributed by atoms with E-state index in [1.165, 1.54) is 11.7 Å². The number of thiophene rings is 1. The molecule has 2 N–H and O–H groups in total. The second-order valence-electron chi connectivity index (χ2n) is 4.73. The molecule has 0 saturated heterocycles. The Kier molecular flexibility index (Phi) is 4.20. The van der Waals surface area contributed by atoms with Crippen LogP contribution in [-0.4, -0.2) is 25.8 Å². The van der Waals surface area contributed by atoms with Crippen LogP contribution in [0.1, 0.15) is 4.88 Å². The van der Waals surface area contributed by atoms with Crippen LogP contribution in [0.15, 0.2) is 46.6 Å². The Morgan fingerprint density at radius 1 is 1.22 bits per heavy atom. The minimum Gasteiger partial charge on any atom is -0.333 e. The topological polar surface area (TPSA) is 93.8 Å². The smallest absolute Gasteiger partial charge is 0.333 e. The van der Waals surface area contributed by atoms with E-state index in [0.29, 0.717) is 17.9 Å². The summed E-state index contributed by atoms with van der Waals surface area (Å²) in [5.74, 6) is 0. The van der Waals surface area contributed by atoms with Crippen molar-refractivity contribution in [2.75, 3.05) is 5.32 Å². The maximum absolute atomic E-state index is 11.8. The van der Waals surface area contributed by atoms with Gasteiger partial charge < -0.3 is 10.6 Å². The minimum absolute atomic E-state index is 0.289. The van der Waals surface area contributed by atoms with Crippen LogP contribution in [0, 0.1) is 0 Å². The van der Waals surface area contributed by atoms with Gasteiger partial charge in [-0.3, -0.25) is 0 Å². The van der Waals surface area contributed by atoms with Crippen molar-refractivity contribution < 1.29 is 4.79 Å². The van der Waals surface area contributed by atoms with Crippen LogP contribution in [0.4, 0.5) is 10.5 Å². The molecule has 0 aliphatic rings. The molecule has 3 aromatic rings. The van der Waals surface area contributed by atoms with E-state index in [9.17, 15) is 9.59 Å². The van der Waals surface area contributed by atoms with Crippen LogP contribution in [0.3, 0.4) is 0 Å². The van der Waals surface area contributed by atoms with Crippen LogP contribution in [0.2, 0.25) is 0 Å². The third kappa shape index (κ3) is 3.46. The summed E-state index contributed by atoms with van der Waals surface area (Å²) >= 11 is 1.58. The molecule has 3 rings (SSSR count). The Morgan fingerprint density at radius 2 is 2.00 bits per heavy atom. The molecule has 2 aromatic heterocycles. The van der Waals surface area contributed by atoms with Gasteiger partial charge in [-0.2, -0.15) is 9.36 Å². The van der Waals surface area contributed by atoms with Gasteiger partial charge in [-0.25, -0.2) is 9.59 Å². The van der Waals surface area contributed by atoms with E-state index >= 15 is 0 Å². The number of carbonyl (C=O) groups excluding carboxylic acids is 1. The SMILES string of the molecule is Cn1nnn(-c2ccc(NC(=O)NCc3cccs3)cc2)c1=O. The highest BCUT2D eigenvalue weighted by Gasteiger charge is 2.07. The average molecular weight is 330 g/mol. The van der Waals surface area contributed by atoms with Crippen molar-refractivity contribution in [1.29, 1.82) is 0 Å². The fourth-order valence-corrected chi connectivity index (χ4v) is 2.56. The molecule has 0 bridgehead atoms. The number of urea groups is 1. The molecule has 0 saturated carbocycles. The van der Waals surface area contributed by atoms with Crippen LogP contribution in [0.25, 0.3) is 5.69 Å². The normalized spacial score (nSPS) is 10.5. The zero-order valence-corrected chi connectivity index (χ0v) is 13.1. The molecular weight excluding hydrogens is 316 g/mol. The number of carbonyl (C=O) groups is 1. The fraction of sp³-hybridized carbons (Fsp3) is 0.143. The Bertz CT molecular complexity index is 850. The summed E-state index contributed by atoms with van der Waals surface area (Å²) in [6, 6.07) is 10.4. The van der Waals surface area contributed by atoms with Gasteiger partial charge in [-0.1, -0.05) is 6.07 Å². The van der Waals surface area contributed by atoms with Gasteiger partial charge in [0.25, 0.3) is 0 Å². The van der Waals surface area contributed by atoms with E-state index in [4.69, 9.17) is 0 Å². The Morgan fingerprint density at radius 3 is 2.61 bits per heavy atom. The molecule has 2 heterocycles. The number of amides is 2. The minimum atomic E-state index is -0.334. The zero-order chi connectivity index (χ0) is 16.2. The van der Waals surface area contributed by atoms with Crippen molar-refractivity contribution in [2.24, 2.45) is 7.05 Å². The van der Waals surface area contributed by atoms with E-state index in [-0.39, 0.29) is 11.7 Å². The molecule has 0 atom stereocenters. The summed E-state index contributed by atoms with van der Waals surface area (Å²) in [5.41, 5.74) is 0.862. The number of aryl methyl sites for hydroxylation is 1. The molecule has 2 amide bonds. The van der Waals surface area contributed by atoms with Gasteiger partial charge in [0.15, 0.2) is 0 Å². The lowest BCUT2D eigenvalue weighted by atomic mass is 10.3. The molecule has 9 heteroatoms. The van der Waals surface area contributed by atoms with Crippen LogP contribution < -0.4 is 16.3 Å². The Labute approximate surface area is 135 Å².